The average molecular weight is 658 g/mol. The minimum absolute atomic E-state index is 0.181. The van der Waals surface area contributed by atoms with Gasteiger partial charge < -0.3 is 29.8 Å². The van der Waals surface area contributed by atoms with Crippen LogP contribution in [0.5, 0.6) is 0 Å². The summed E-state index contributed by atoms with van der Waals surface area (Å²) < 4.78 is 65.0. The van der Waals surface area contributed by atoms with Crippen molar-refractivity contribution in [3.63, 3.8) is 0 Å². The summed E-state index contributed by atoms with van der Waals surface area (Å²) in [6.07, 6.45) is 4.08. The van der Waals surface area contributed by atoms with Gasteiger partial charge in [-0.1, -0.05) is 25.7 Å². The van der Waals surface area contributed by atoms with Crippen LogP contribution in [-0.4, -0.2) is 77.1 Å². The van der Waals surface area contributed by atoms with Crippen LogP contribution in [0.1, 0.15) is 76.8 Å². The summed E-state index contributed by atoms with van der Waals surface area (Å²) in [5, 5.41) is 2.98. The number of rotatable bonds is 19. The molecule has 1 heterocycles. The van der Waals surface area contributed by atoms with Gasteiger partial charge >= 0.3 is 0 Å². The van der Waals surface area contributed by atoms with E-state index >= 15 is 0 Å². The van der Waals surface area contributed by atoms with E-state index in [2.05, 4.69) is 29.7 Å². The normalized spacial score (nSPS) is 19.3. The molecule has 13 heteroatoms. The van der Waals surface area contributed by atoms with Crippen LogP contribution in [0.4, 0.5) is 8.78 Å². The molecule has 0 bridgehead atoms. The van der Waals surface area contributed by atoms with Crippen LogP contribution in [0.3, 0.4) is 0 Å². The number of alkyl halides is 2. The lowest BCUT2D eigenvalue weighted by molar-refractivity contribution is 0.00399. The lowest BCUT2D eigenvalue weighted by Gasteiger charge is -2.28. The molecule has 44 heavy (non-hydrogen) atoms. The summed E-state index contributed by atoms with van der Waals surface area (Å²) >= 11 is 0. The maximum Gasteiger partial charge on any atom is 0.272 e. The van der Waals surface area contributed by atoms with Crippen LogP contribution in [0.15, 0.2) is 18.2 Å². The van der Waals surface area contributed by atoms with E-state index in [0.717, 1.165) is 42.8 Å². The quantitative estimate of drug-likeness (QED) is 0.137. The number of hydrogen-bond donors (Lipinski definition) is 3. The van der Waals surface area contributed by atoms with E-state index in [1.165, 1.54) is 0 Å². The lowest BCUT2D eigenvalue weighted by atomic mass is 10.1. The van der Waals surface area contributed by atoms with Gasteiger partial charge in [0.25, 0.3) is 5.92 Å². The Labute approximate surface area is 265 Å². The molecule has 2 aliphatic rings. The van der Waals surface area contributed by atoms with E-state index in [9.17, 15) is 13.0 Å². The second kappa shape index (κ2) is 14.6. The van der Waals surface area contributed by atoms with Gasteiger partial charge in [-0.25, -0.2) is 22.7 Å². The zero-order chi connectivity index (χ0) is 32.3. The van der Waals surface area contributed by atoms with E-state index in [1.807, 2.05) is 50.5 Å². The van der Waals surface area contributed by atoms with E-state index in [0.29, 0.717) is 17.9 Å². The summed E-state index contributed by atoms with van der Waals surface area (Å²) in [5.74, 6) is -2.35. The number of nitrogens with one attached hydrogen (secondary N) is 2. The fourth-order valence-corrected chi connectivity index (χ4v) is 6.25. The van der Waals surface area contributed by atoms with Gasteiger partial charge in [0.2, 0.25) is 0 Å². The van der Waals surface area contributed by atoms with E-state index in [1.54, 1.807) is 0 Å². The Bertz CT molecular complexity index is 1260. The Hall–Kier alpha value is -1.32. The Morgan fingerprint density at radius 2 is 1.84 bits per heavy atom. The molecular weight excluding hydrogens is 605 g/mol. The standard InChI is InChI=1S/C31H53F2N5O4SSi/c1-21(42-24-11-12-24)28(37-43(39)30(2,3)4)29-36-25-16-22(8-13-27(25)38(29)20-40-14-15-44(5,6)7)26(17-41-23-9-10-23)35-19-31(32,33)18-34/h8,13,16,21,23-24,26,28,35,37H,9-12,14-15,17-20,34H2,1-7H3/t21-,26-,28+,43-/m1/s1. The minimum Gasteiger partial charge on any atom is -0.376 e. The first kappa shape index (κ1) is 35.5. The number of aromatic nitrogens is 2. The third-order valence-electron chi connectivity index (χ3n) is 7.82. The largest absolute Gasteiger partial charge is 0.376 e. The SMILES string of the molecule is C[C@@H](OC1CC1)[C@H](N[S@](=O)C(C)(C)C)c1nc2cc([C@@H](COC3CC3)NCC(F)(F)CN)ccc2n1COCC[Si](C)(C)C. The average Bonchev–Trinajstić information content (AvgIpc) is 3.87. The summed E-state index contributed by atoms with van der Waals surface area (Å²) in [7, 11) is -2.68. The van der Waals surface area contributed by atoms with E-state index in [-0.39, 0.29) is 31.6 Å². The van der Waals surface area contributed by atoms with Crippen molar-refractivity contribution in [2.24, 2.45) is 5.73 Å². The van der Waals surface area contributed by atoms with Crippen molar-refractivity contribution in [3.05, 3.63) is 29.6 Å². The molecule has 0 saturated heterocycles. The summed E-state index contributed by atoms with van der Waals surface area (Å²) in [6, 6.07) is 5.91. The van der Waals surface area contributed by atoms with E-state index < -0.39 is 54.9 Å². The van der Waals surface area contributed by atoms with Crippen LogP contribution in [0.2, 0.25) is 25.7 Å². The van der Waals surface area contributed by atoms with Gasteiger partial charge in [-0.05, 0) is 77.1 Å². The van der Waals surface area contributed by atoms with Gasteiger partial charge in [0.05, 0.1) is 70.8 Å². The maximum atomic E-state index is 14.1. The topological polar surface area (TPSA) is 113 Å². The number of ether oxygens (including phenoxy) is 3. The molecular formula is C31H53F2N5O4SSi. The number of fused-ring (bicyclic) bond motifs is 1. The van der Waals surface area contributed by atoms with Gasteiger partial charge in [0.15, 0.2) is 0 Å². The predicted octanol–water partition coefficient (Wildman–Crippen LogP) is 5.41. The molecule has 4 atom stereocenters. The first-order valence-corrected chi connectivity index (χ1v) is 20.8. The monoisotopic (exact) mass is 657 g/mol. The maximum absolute atomic E-state index is 14.1. The van der Waals surface area contributed by atoms with Crippen molar-refractivity contribution in [2.45, 2.75) is 127 Å². The Balaban J connectivity index is 1.70. The molecule has 4 N–H and O–H groups in total. The van der Waals surface area contributed by atoms with Gasteiger partial charge in [-0.15, -0.1) is 0 Å². The molecule has 1 aromatic heterocycles. The van der Waals surface area contributed by atoms with Crippen LogP contribution >= 0.6 is 0 Å². The molecule has 2 aromatic rings. The highest BCUT2D eigenvalue weighted by Crippen LogP contribution is 2.33. The van der Waals surface area contributed by atoms with Crippen LogP contribution < -0.4 is 15.8 Å². The molecule has 4 rings (SSSR count). The van der Waals surface area contributed by atoms with Gasteiger partial charge in [-0.2, -0.15) is 0 Å². The van der Waals surface area contributed by atoms with Gasteiger partial charge in [0.1, 0.15) is 18.6 Å². The molecule has 2 aliphatic carbocycles. The lowest BCUT2D eigenvalue weighted by Crippen LogP contribution is -2.41. The summed E-state index contributed by atoms with van der Waals surface area (Å²) in [4.78, 5) is 5.08. The molecule has 0 amide bonds. The molecule has 0 unspecified atom stereocenters. The van der Waals surface area contributed by atoms with Crippen LogP contribution in [-0.2, 0) is 31.9 Å². The Morgan fingerprint density at radius 1 is 1.16 bits per heavy atom. The molecule has 0 radical (unpaired) electrons. The molecule has 0 spiro atoms. The van der Waals surface area contributed by atoms with Gasteiger partial charge in [0, 0.05) is 14.7 Å². The highest BCUT2D eigenvalue weighted by atomic mass is 32.2. The number of benzene rings is 1. The molecule has 250 valence electrons. The second-order valence-corrected chi connectivity index (χ2v) is 22.2. The second-order valence-electron chi connectivity index (χ2n) is 14.5. The molecule has 0 aliphatic heterocycles. The zero-order valence-electron chi connectivity index (χ0n) is 27.5. The number of hydrogen-bond acceptors (Lipinski definition) is 7. The van der Waals surface area contributed by atoms with Gasteiger partial charge in [-0.3, -0.25) is 0 Å². The predicted molar refractivity (Wildman–Crippen MR) is 175 cm³/mol. The Morgan fingerprint density at radius 3 is 2.43 bits per heavy atom. The number of nitrogens with two attached hydrogens (primary N) is 1. The van der Waals surface area contributed by atoms with Crippen LogP contribution in [0, 0.1) is 0 Å². The highest BCUT2D eigenvalue weighted by Gasteiger charge is 2.35. The van der Waals surface area contributed by atoms with Crippen molar-refractivity contribution in [2.75, 3.05) is 26.3 Å². The van der Waals surface area contributed by atoms with Crippen molar-refractivity contribution < 1.29 is 27.2 Å². The molecule has 2 saturated carbocycles. The first-order valence-electron chi connectivity index (χ1n) is 15.9. The fraction of sp³-hybridized carbons (Fsp3) is 0.774. The first-order chi connectivity index (χ1) is 20.6. The third-order valence-corrected chi connectivity index (χ3v) is 11.1. The number of halogens is 2. The summed E-state index contributed by atoms with van der Waals surface area (Å²) in [5.41, 5.74) is 7.64. The van der Waals surface area contributed by atoms with Crippen molar-refractivity contribution >= 4 is 30.1 Å². The summed E-state index contributed by atoms with van der Waals surface area (Å²) in [6.45, 7) is 14.6. The molecule has 9 nitrogen and oxygen atoms in total. The Kier molecular flexibility index (Phi) is 11.8. The molecule has 1 aromatic carbocycles. The van der Waals surface area contributed by atoms with Crippen molar-refractivity contribution in [1.29, 1.82) is 0 Å². The molecule has 2 fully saturated rings. The number of nitrogens with zero attached hydrogens (tertiary/aromatic N) is 2. The van der Waals surface area contributed by atoms with Crippen molar-refractivity contribution in [3.8, 4) is 0 Å². The fourth-order valence-electron chi connectivity index (χ4n) is 4.61. The minimum atomic E-state index is -3.02. The third kappa shape index (κ3) is 10.6. The van der Waals surface area contributed by atoms with E-state index in [4.69, 9.17) is 24.9 Å². The van der Waals surface area contributed by atoms with Crippen molar-refractivity contribution in [1.82, 2.24) is 19.6 Å². The highest BCUT2D eigenvalue weighted by molar-refractivity contribution is 7.84. The number of imidazole rings is 1. The zero-order valence-corrected chi connectivity index (χ0v) is 29.3. The van der Waals surface area contributed by atoms with Crippen LogP contribution in [0.25, 0.3) is 11.0 Å². The smallest absolute Gasteiger partial charge is 0.272 e.